The number of amides is 1. The molecular formula is C23H31NO7S. The third-order valence-corrected chi connectivity index (χ3v) is 7.31. The van der Waals surface area contributed by atoms with Gasteiger partial charge in [0.05, 0.1) is 18.0 Å². The van der Waals surface area contributed by atoms with E-state index < -0.39 is 32.2 Å². The molecule has 1 heterocycles. The van der Waals surface area contributed by atoms with E-state index in [1.807, 2.05) is 0 Å². The molecule has 0 spiro atoms. The normalized spacial score (nSPS) is 18.8. The van der Waals surface area contributed by atoms with E-state index in [1.165, 1.54) is 29.2 Å². The number of likely N-dealkylation sites (tertiary alicyclic amines) is 1. The number of piperidine rings is 1. The Hall–Kier alpha value is -2.73. The van der Waals surface area contributed by atoms with Crippen molar-refractivity contribution in [3.8, 4) is 17.6 Å². The lowest BCUT2D eigenvalue weighted by Crippen LogP contribution is -2.60. The number of hydrogen-bond acceptors (Lipinski definition) is 7. The zero-order chi connectivity index (χ0) is 24.0. The second-order valence-electron chi connectivity index (χ2n) is 8.41. The van der Waals surface area contributed by atoms with E-state index in [4.69, 9.17) is 14.2 Å². The Labute approximate surface area is 190 Å². The molecule has 176 valence electrons. The SMILES string of the molecule is CC#CCOc1ccc(S(=O)(=O)[C@]2(C(=O)OCC)CCCN(C(=O)OC(C)(C)C)C2)cc1. The van der Waals surface area contributed by atoms with E-state index in [0.29, 0.717) is 12.2 Å². The Bertz CT molecular complexity index is 984. The summed E-state index contributed by atoms with van der Waals surface area (Å²) < 4.78 is 41.5. The Morgan fingerprint density at radius 2 is 1.84 bits per heavy atom. The van der Waals surface area contributed by atoms with Gasteiger partial charge in [-0.2, -0.15) is 0 Å². The average molecular weight is 466 g/mol. The first-order chi connectivity index (χ1) is 15.0. The van der Waals surface area contributed by atoms with Gasteiger partial charge in [0.15, 0.2) is 14.6 Å². The lowest BCUT2D eigenvalue weighted by atomic mass is 9.97. The molecule has 32 heavy (non-hydrogen) atoms. The molecule has 1 fully saturated rings. The molecule has 1 aromatic rings. The van der Waals surface area contributed by atoms with Gasteiger partial charge in [0.1, 0.15) is 18.0 Å². The molecule has 0 radical (unpaired) electrons. The van der Waals surface area contributed by atoms with Crippen molar-refractivity contribution in [1.29, 1.82) is 0 Å². The first kappa shape index (κ1) is 25.5. The van der Waals surface area contributed by atoms with Crippen LogP contribution in [0.15, 0.2) is 29.2 Å². The van der Waals surface area contributed by atoms with Crippen molar-refractivity contribution in [1.82, 2.24) is 4.90 Å². The summed E-state index contributed by atoms with van der Waals surface area (Å²) in [5, 5.41) is 0. The van der Waals surface area contributed by atoms with Gasteiger partial charge >= 0.3 is 12.1 Å². The van der Waals surface area contributed by atoms with Crippen molar-refractivity contribution in [2.24, 2.45) is 0 Å². The smallest absolute Gasteiger partial charge is 0.410 e. The minimum atomic E-state index is -4.20. The molecule has 1 aromatic carbocycles. The highest BCUT2D eigenvalue weighted by Crippen LogP contribution is 2.36. The monoisotopic (exact) mass is 465 g/mol. The second-order valence-corrected chi connectivity index (χ2v) is 10.7. The number of nitrogens with zero attached hydrogens (tertiary/aromatic N) is 1. The van der Waals surface area contributed by atoms with Crippen molar-refractivity contribution in [3.05, 3.63) is 24.3 Å². The summed E-state index contributed by atoms with van der Waals surface area (Å²) in [6.45, 7) is 8.62. The Morgan fingerprint density at radius 3 is 2.41 bits per heavy atom. The number of hydrogen-bond donors (Lipinski definition) is 0. The van der Waals surface area contributed by atoms with E-state index in [-0.39, 0.29) is 37.6 Å². The van der Waals surface area contributed by atoms with Crippen LogP contribution in [0.3, 0.4) is 0 Å². The molecule has 1 saturated heterocycles. The molecule has 9 heteroatoms. The lowest BCUT2D eigenvalue weighted by Gasteiger charge is -2.40. The number of carbonyl (C=O) groups excluding carboxylic acids is 2. The van der Waals surface area contributed by atoms with E-state index >= 15 is 0 Å². The maximum absolute atomic E-state index is 13.7. The fourth-order valence-corrected chi connectivity index (χ4v) is 5.36. The first-order valence-electron chi connectivity index (χ1n) is 10.5. The van der Waals surface area contributed by atoms with Crippen LogP contribution >= 0.6 is 0 Å². The minimum absolute atomic E-state index is 0.0216. The van der Waals surface area contributed by atoms with Gasteiger partial charge in [0.2, 0.25) is 0 Å². The Balaban J connectivity index is 2.41. The molecule has 2 rings (SSSR count). The maximum Gasteiger partial charge on any atom is 0.410 e. The largest absolute Gasteiger partial charge is 0.481 e. The van der Waals surface area contributed by atoms with Crippen LogP contribution in [0.5, 0.6) is 5.75 Å². The Morgan fingerprint density at radius 1 is 1.19 bits per heavy atom. The number of sulfone groups is 1. The molecule has 0 aliphatic carbocycles. The third-order valence-electron chi connectivity index (χ3n) is 4.89. The van der Waals surface area contributed by atoms with Gasteiger partial charge < -0.3 is 19.1 Å². The van der Waals surface area contributed by atoms with E-state index in [1.54, 1.807) is 34.6 Å². The maximum atomic E-state index is 13.7. The fraction of sp³-hybridized carbons (Fsp3) is 0.565. The van der Waals surface area contributed by atoms with Crippen molar-refractivity contribution in [2.45, 2.75) is 62.7 Å². The van der Waals surface area contributed by atoms with Crippen LogP contribution in [-0.4, -0.2) is 62.0 Å². The average Bonchev–Trinajstić information content (AvgIpc) is 2.73. The number of benzene rings is 1. The molecular weight excluding hydrogens is 434 g/mol. The van der Waals surface area contributed by atoms with E-state index in [2.05, 4.69) is 11.8 Å². The number of carbonyl (C=O) groups is 2. The van der Waals surface area contributed by atoms with Crippen molar-refractivity contribution in [3.63, 3.8) is 0 Å². The van der Waals surface area contributed by atoms with Crippen molar-refractivity contribution < 1.29 is 32.2 Å². The molecule has 0 aromatic heterocycles. The molecule has 1 amide bonds. The summed E-state index contributed by atoms with van der Waals surface area (Å²) in [6, 6.07) is 5.80. The summed E-state index contributed by atoms with van der Waals surface area (Å²) >= 11 is 0. The molecule has 0 saturated carbocycles. The van der Waals surface area contributed by atoms with E-state index in [9.17, 15) is 18.0 Å². The predicted octanol–water partition coefficient (Wildman–Crippen LogP) is 3.20. The highest BCUT2D eigenvalue weighted by atomic mass is 32.2. The van der Waals surface area contributed by atoms with Crippen LogP contribution < -0.4 is 4.74 Å². The summed E-state index contributed by atoms with van der Waals surface area (Å²) in [5.41, 5.74) is -0.752. The fourth-order valence-electron chi connectivity index (χ4n) is 3.39. The summed E-state index contributed by atoms with van der Waals surface area (Å²) in [4.78, 5) is 26.9. The van der Waals surface area contributed by atoms with Crippen molar-refractivity contribution in [2.75, 3.05) is 26.3 Å². The zero-order valence-corrected chi connectivity index (χ0v) is 20.1. The highest BCUT2D eigenvalue weighted by molar-refractivity contribution is 7.93. The summed E-state index contributed by atoms with van der Waals surface area (Å²) in [6.07, 6.45) is -0.312. The van der Waals surface area contributed by atoms with Gasteiger partial charge in [0, 0.05) is 6.54 Å². The number of rotatable bonds is 6. The van der Waals surface area contributed by atoms with Gasteiger partial charge in [-0.3, -0.25) is 4.79 Å². The molecule has 8 nitrogen and oxygen atoms in total. The Kier molecular flexibility index (Phi) is 8.18. The van der Waals surface area contributed by atoms with Gasteiger partial charge in [-0.25, -0.2) is 13.2 Å². The van der Waals surface area contributed by atoms with Gasteiger partial charge in [0.25, 0.3) is 0 Å². The quantitative estimate of drug-likeness (QED) is 0.470. The minimum Gasteiger partial charge on any atom is -0.481 e. The molecule has 1 aliphatic heterocycles. The lowest BCUT2D eigenvalue weighted by molar-refractivity contribution is -0.147. The van der Waals surface area contributed by atoms with Crippen LogP contribution in [0.4, 0.5) is 4.79 Å². The first-order valence-corrected chi connectivity index (χ1v) is 12.0. The summed E-state index contributed by atoms with van der Waals surface area (Å²) in [7, 11) is -4.20. The van der Waals surface area contributed by atoms with Crippen molar-refractivity contribution >= 4 is 21.9 Å². The molecule has 0 unspecified atom stereocenters. The standard InChI is InChI=1S/C23H31NO7S/c1-6-8-16-30-18-10-12-19(13-11-18)32(27,28)23(20(25)29-7-2)14-9-15-24(17-23)21(26)31-22(3,4)5/h10-13H,7,9,14-17H2,1-5H3/t23-/m1/s1. The van der Waals surface area contributed by atoms with Crippen LogP contribution in [0.2, 0.25) is 0 Å². The summed E-state index contributed by atoms with van der Waals surface area (Å²) in [5.74, 6) is 5.05. The van der Waals surface area contributed by atoms with Crippen LogP contribution in [0.25, 0.3) is 0 Å². The molecule has 1 aliphatic rings. The van der Waals surface area contributed by atoms with Gasteiger partial charge in [-0.15, -0.1) is 5.92 Å². The molecule has 1 atom stereocenters. The molecule has 0 N–H and O–H groups in total. The van der Waals surface area contributed by atoms with Gasteiger partial charge in [-0.05, 0) is 71.7 Å². The highest BCUT2D eigenvalue weighted by Gasteiger charge is 2.56. The van der Waals surface area contributed by atoms with Gasteiger partial charge in [-0.1, -0.05) is 5.92 Å². The van der Waals surface area contributed by atoms with Crippen LogP contribution in [-0.2, 0) is 24.1 Å². The van der Waals surface area contributed by atoms with Crippen LogP contribution in [0.1, 0.15) is 47.5 Å². The topological polar surface area (TPSA) is 99.2 Å². The number of ether oxygens (including phenoxy) is 3. The third kappa shape index (κ3) is 5.74. The number of esters is 1. The molecule has 0 bridgehead atoms. The van der Waals surface area contributed by atoms with E-state index in [0.717, 1.165) is 0 Å². The zero-order valence-electron chi connectivity index (χ0n) is 19.3. The second kappa shape index (κ2) is 10.3. The predicted molar refractivity (Wildman–Crippen MR) is 119 cm³/mol. The van der Waals surface area contributed by atoms with Crippen LogP contribution in [0, 0.1) is 11.8 Å².